The Labute approximate surface area is 180 Å². The van der Waals surface area contributed by atoms with Crippen molar-refractivity contribution in [2.24, 2.45) is 5.41 Å². The number of nitrogens with one attached hydrogen (secondary N) is 3. The predicted octanol–water partition coefficient (Wildman–Crippen LogP) is 3.78. The Balaban J connectivity index is 1.46. The van der Waals surface area contributed by atoms with Crippen LogP contribution in [0, 0.1) is 5.41 Å². The van der Waals surface area contributed by atoms with Gasteiger partial charge in [0, 0.05) is 36.8 Å². The summed E-state index contributed by atoms with van der Waals surface area (Å²) < 4.78 is 0. The van der Waals surface area contributed by atoms with Gasteiger partial charge in [-0.25, -0.2) is 4.79 Å². The summed E-state index contributed by atoms with van der Waals surface area (Å²) in [6.07, 6.45) is 7.60. The van der Waals surface area contributed by atoms with E-state index in [4.69, 9.17) is 0 Å². The summed E-state index contributed by atoms with van der Waals surface area (Å²) in [5, 5.41) is 9.50. The highest BCUT2D eigenvalue weighted by Gasteiger charge is 2.51. The van der Waals surface area contributed by atoms with Crippen molar-refractivity contribution in [3.63, 3.8) is 0 Å². The molecule has 3 amide bonds. The first-order valence-corrected chi connectivity index (χ1v) is 12.1. The summed E-state index contributed by atoms with van der Waals surface area (Å²) >= 11 is 1.92. The number of carbonyl (C=O) groups is 3. The van der Waals surface area contributed by atoms with Crippen LogP contribution in [0.2, 0.25) is 0 Å². The Hall–Kier alpha value is -1.24. The third kappa shape index (κ3) is 8.19. The van der Waals surface area contributed by atoms with Crippen molar-refractivity contribution >= 4 is 29.5 Å². The fourth-order valence-corrected chi connectivity index (χ4v) is 5.89. The Morgan fingerprint density at radius 3 is 2.59 bits per heavy atom. The number of amides is 3. The normalized spacial score (nSPS) is 26.0. The zero-order valence-electron chi connectivity index (χ0n) is 18.6. The van der Waals surface area contributed by atoms with Crippen LogP contribution in [0.4, 0.5) is 4.79 Å². The van der Waals surface area contributed by atoms with E-state index in [-0.39, 0.29) is 28.9 Å². The molecule has 2 aliphatic heterocycles. The third-order valence-corrected chi connectivity index (χ3v) is 7.37. The SMILES string of the molecule is CC(C)(C)CC(=O)CCCCCNC(=O)CCCC[C@@H]1SC[C@]2(C)NC(=O)N[C@H]12. The molecule has 0 spiro atoms. The van der Waals surface area contributed by atoms with Crippen LogP contribution in [0.5, 0.6) is 0 Å². The van der Waals surface area contributed by atoms with E-state index < -0.39 is 0 Å². The van der Waals surface area contributed by atoms with E-state index in [0.717, 1.165) is 44.3 Å². The minimum atomic E-state index is -0.124. The van der Waals surface area contributed by atoms with Crippen LogP contribution in [-0.4, -0.2) is 46.8 Å². The van der Waals surface area contributed by atoms with Crippen LogP contribution < -0.4 is 16.0 Å². The van der Waals surface area contributed by atoms with Gasteiger partial charge in [0.1, 0.15) is 5.78 Å². The molecule has 0 aromatic heterocycles. The lowest BCUT2D eigenvalue weighted by Gasteiger charge is -2.23. The lowest BCUT2D eigenvalue weighted by Crippen LogP contribution is -2.47. The van der Waals surface area contributed by atoms with Gasteiger partial charge in [0.2, 0.25) is 5.91 Å². The van der Waals surface area contributed by atoms with Crippen LogP contribution in [0.3, 0.4) is 0 Å². The molecule has 0 bridgehead atoms. The van der Waals surface area contributed by atoms with Crippen molar-refractivity contribution in [3.05, 3.63) is 0 Å². The van der Waals surface area contributed by atoms with Gasteiger partial charge in [0.25, 0.3) is 0 Å². The van der Waals surface area contributed by atoms with Crippen molar-refractivity contribution in [3.8, 4) is 0 Å². The number of Topliss-reactive ketones (excluding diaryl/α,β-unsaturated/α-hetero) is 1. The molecule has 2 aliphatic rings. The van der Waals surface area contributed by atoms with Crippen LogP contribution in [0.15, 0.2) is 0 Å². The van der Waals surface area contributed by atoms with Gasteiger partial charge in [-0.2, -0.15) is 11.8 Å². The molecule has 3 atom stereocenters. The van der Waals surface area contributed by atoms with E-state index in [1.54, 1.807) is 0 Å². The van der Waals surface area contributed by atoms with E-state index in [2.05, 4.69) is 43.6 Å². The molecule has 0 aromatic carbocycles. The van der Waals surface area contributed by atoms with Gasteiger partial charge in [-0.3, -0.25) is 9.59 Å². The summed E-state index contributed by atoms with van der Waals surface area (Å²) in [6, 6.07) is 0.143. The number of urea groups is 1. The van der Waals surface area contributed by atoms with Crippen LogP contribution >= 0.6 is 11.8 Å². The molecule has 7 heteroatoms. The number of unbranched alkanes of at least 4 members (excludes halogenated alkanes) is 3. The van der Waals surface area contributed by atoms with Gasteiger partial charge in [-0.1, -0.05) is 33.6 Å². The summed E-state index contributed by atoms with van der Waals surface area (Å²) in [5.74, 6) is 1.41. The van der Waals surface area contributed by atoms with E-state index in [0.29, 0.717) is 36.8 Å². The molecule has 29 heavy (non-hydrogen) atoms. The highest BCUT2D eigenvalue weighted by atomic mass is 32.2. The van der Waals surface area contributed by atoms with E-state index >= 15 is 0 Å². The maximum atomic E-state index is 12.0. The Kier molecular flexibility index (Phi) is 8.86. The second-order valence-electron chi connectivity index (χ2n) is 10.0. The lowest BCUT2D eigenvalue weighted by atomic mass is 9.88. The first kappa shape index (κ1) is 24.0. The highest BCUT2D eigenvalue weighted by Crippen LogP contribution is 2.39. The molecule has 2 rings (SSSR count). The molecule has 0 aromatic rings. The Morgan fingerprint density at radius 2 is 1.86 bits per heavy atom. The minimum absolute atomic E-state index is 0.0549. The predicted molar refractivity (Wildman–Crippen MR) is 119 cm³/mol. The molecule has 2 fully saturated rings. The summed E-state index contributed by atoms with van der Waals surface area (Å²) in [7, 11) is 0. The second kappa shape index (κ2) is 10.7. The lowest BCUT2D eigenvalue weighted by molar-refractivity contribution is -0.122. The maximum Gasteiger partial charge on any atom is 0.315 e. The summed E-state index contributed by atoms with van der Waals surface area (Å²) in [4.78, 5) is 35.4. The number of thioether (sulfide) groups is 1. The van der Waals surface area contributed by atoms with Gasteiger partial charge >= 0.3 is 6.03 Å². The monoisotopic (exact) mass is 425 g/mol. The number of carbonyl (C=O) groups excluding carboxylic acids is 3. The molecular weight excluding hydrogens is 386 g/mol. The number of hydrogen-bond donors (Lipinski definition) is 3. The standard InChI is InChI=1S/C22H39N3O3S/c1-21(2,3)14-16(26)10-6-5-9-13-23-18(27)12-8-7-11-17-19-22(4,15-29-17)25-20(28)24-19/h17,19H,5-15H2,1-4H3,(H,23,27)(H2,24,25,28)/t17-,19+,22-/m0/s1. The molecule has 0 radical (unpaired) electrons. The van der Waals surface area contributed by atoms with Crippen molar-refractivity contribution in [1.82, 2.24) is 16.0 Å². The minimum Gasteiger partial charge on any atom is -0.356 e. The van der Waals surface area contributed by atoms with Gasteiger partial charge in [-0.05, 0) is 38.0 Å². The molecule has 3 N–H and O–H groups in total. The number of fused-ring (bicyclic) bond motifs is 1. The first-order valence-electron chi connectivity index (χ1n) is 11.1. The molecule has 166 valence electrons. The Morgan fingerprint density at radius 1 is 1.14 bits per heavy atom. The van der Waals surface area contributed by atoms with Crippen LogP contribution in [0.25, 0.3) is 0 Å². The first-order chi connectivity index (χ1) is 13.6. The molecular formula is C22H39N3O3S. The second-order valence-corrected chi connectivity index (χ2v) is 11.3. The maximum absolute atomic E-state index is 12.0. The van der Waals surface area contributed by atoms with Crippen molar-refractivity contribution in [2.45, 2.75) is 102 Å². The molecule has 2 saturated heterocycles. The van der Waals surface area contributed by atoms with Gasteiger partial charge in [-0.15, -0.1) is 0 Å². The summed E-state index contributed by atoms with van der Waals surface area (Å²) in [5.41, 5.74) is -0.0513. The average molecular weight is 426 g/mol. The smallest absolute Gasteiger partial charge is 0.315 e. The fraction of sp³-hybridized carbons (Fsp3) is 0.864. The van der Waals surface area contributed by atoms with E-state index in [9.17, 15) is 14.4 Å². The molecule has 0 saturated carbocycles. The van der Waals surface area contributed by atoms with Gasteiger partial charge in [0.15, 0.2) is 0 Å². The number of ketones is 1. The van der Waals surface area contributed by atoms with Crippen LogP contribution in [-0.2, 0) is 9.59 Å². The average Bonchev–Trinajstić information content (AvgIpc) is 3.05. The third-order valence-electron chi connectivity index (χ3n) is 5.67. The number of hydrogen-bond acceptors (Lipinski definition) is 4. The largest absolute Gasteiger partial charge is 0.356 e. The zero-order valence-corrected chi connectivity index (χ0v) is 19.4. The zero-order chi connectivity index (χ0) is 21.5. The van der Waals surface area contributed by atoms with Gasteiger partial charge in [0.05, 0.1) is 11.6 Å². The molecule has 0 aliphatic carbocycles. The van der Waals surface area contributed by atoms with Crippen LogP contribution in [0.1, 0.15) is 85.5 Å². The molecule has 0 unspecified atom stereocenters. The van der Waals surface area contributed by atoms with Crippen molar-refractivity contribution in [1.29, 1.82) is 0 Å². The highest BCUT2D eigenvalue weighted by molar-refractivity contribution is 8.00. The Bertz CT molecular complexity index is 590. The molecule has 6 nitrogen and oxygen atoms in total. The van der Waals surface area contributed by atoms with Gasteiger partial charge < -0.3 is 16.0 Å². The molecule has 2 heterocycles. The quantitative estimate of drug-likeness (QED) is 0.328. The van der Waals surface area contributed by atoms with Crippen molar-refractivity contribution in [2.75, 3.05) is 12.3 Å². The van der Waals surface area contributed by atoms with Crippen molar-refractivity contribution < 1.29 is 14.4 Å². The van der Waals surface area contributed by atoms with E-state index in [1.165, 1.54) is 0 Å². The number of rotatable bonds is 12. The summed E-state index contributed by atoms with van der Waals surface area (Å²) in [6.45, 7) is 9.08. The fourth-order valence-electron chi connectivity index (χ4n) is 4.18. The van der Waals surface area contributed by atoms with E-state index in [1.807, 2.05) is 11.8 Å². The topological polar surface area (TPSA) is 87.3 Å².